The monoisotopic (exact) mass is 500 g/mol. The molecule has 3 aromatic carbocycles. The third-order valence-corrected chi connectivity index (χ3v) is 4.41. The number of rotatable bonds is 8. The van der Waals surface area contributed by atoms with Gasteiger partial charge in [-0.05, 0) is 36.4 Å². The molecule has 3 rings (SSSR count). The molecule has 0 amide bonds. The number of amidine groups is 2. The smallest absolute Gasteiger partial charge is 0.165 e. The summed E-state index contributed by atoms with van der Waals surface area (Å²) in [5, 5.41) is 14.6. The molecule has 3 aromatic rings. The largest absolute Gasteiger partial charge is 0.486 e. The van der Waals surface area contributed by atoms with Crippen LogP contribution < -0.4 is 20.9 Å². The predicted molar refractivity (Wildman–Crippen MR) is 124 cm³/mol. The van der Waals surface area contributed by atoms with Gasteiger partial charge >= 0.3 is 0 Å². The Balaban J connectivity index is 0.00000272. The molecular formula is C22H21Cl2F3N4O2. The number of benzene rings is 3. The van der Waals surface area contributed by atoms with Crippen molar-refractivity contribution >= 4 is 36.5 Å². The minimum atomic E-state index is -0.725. The Morgan fingerprint density at radius 1 is 0.697 bits per heavy atom. The number of nitrogens with one attached hydrogen (secondary N) is 2. The van der Waals surface area contributed by atoms with Crippen LogP contribution in [0.5, 0.6) is 11.5 Å². The van der Waals surface area contributed by atoms with Crippen molar-refractivity contribution in [3.05, 3.63) is 94.3 Å². The predicted octanol–water partition coefficient (Wildman–Crippen LogP) is 4.67. The molecule has 0 fully saturated rings. The van der Waals surface area contributed by atoms with E-state index < -0.39 is 17.5 Å². The third kappa shape index (κ3) is 6.77. The van der Waals surface area contributed by atoms with Gasteiger partial charge in [-0.15, -0.1) is 24.8 Å². The van der Waals surface area contributed by atoms with Gasteiger partial charge in [-0.2, -0.15) is 0 Å². The number of halogens is 5. The van der Waals surface area contributed by atoms with E-state index in [1.807, 2.05) is 0 Å². The zero-order valence-corrected chi connectivity index (χ0v) is 18.7. The maximum Gasteiger partial charge on any atom is 0.165 e. The first-order valence-electron chi connectivity index (χ1n) is 9.06. The van der Waals surface area contributed by atoms with Crippen LogP contribution in [0.25, 0.3) is 0 Å². The average Bonchev–Trinajstić information content (AvgIpc) is 2.73. The Kier molecular flexibility index (Phi) is 10.0. The maximum atomic E-state index is 14.8. The van der Waals surface area contributed by atoms with E-state index in [9.17, 15) is 13.2 Å². The fourth-order valence-corrected chi connectivity index (χ4v) is 2.74. The zero-order valence-electron chi connectivity index (χ0n) is 17.0. The summed E-state index contributed by atoms with van der Waals surface area (Å²) in [4.78, 5) is 0. The highest BCUT2D eigenvalue weighted by Gasteiger charge is 2.13. The SMILES string of the molecule is Cl.Cl.N=C(N)c1ccc(OCc2cccc(COc3ccc(C(=N)N)cc3F)c2F)c(F)c1. The first-order chi connectivity index (χ1) is 14.8. The summed E-state index contributed by atoms with van der Waals surface area (Å²) < 4.78 is 53.6. The molecule has 0 heterocycles. The molecule has 0 spiro atoms. The van der Waals surface area contributed by atoms with Crippen LogP contribution in [-0.4, -0.2) is 11.7 Å². The second-order valence-corrected chi connectivity index (χ2v) is 6.59. The minimum Gasteiger partial charge on any atom is -0.486 e. The molecule has 0 unspecified atom stereocenters. The normalized spacial score (nSPS) is 9.91. The van der Waals surface area contributed by atoms with Crippen LogP contribution in [0.1, 0.15) is 22.3 Å². The molecule has 0 aliphatic rings. The van der Waals surface area contributed by atoms with Crippen molar-refractivity contribution in [2.75, 3.05) is 0 Å². The summed E-state index contributed by atoms with van der Waals surface area (Å²) in [7, 11) is 0. The molecule has 0 aromatic heterocycles. The number of ether oxygens (including phenoxy) is 2. The maximum absolute atomic E-state index is 14.8. The summed E-state index contributed by atoms with van der Waals surface area (Å²) in [5.41, 5.74) is 11.3. The first-order valence-corrected chi connectivity index (χ1v) is 9.06. The van der Waals surface area contributed by atoms with Gasteiger partial charge in [0.15, 0.2) is 23.1 Å². The van der Waals surface area contributed by atoms with Gasteiger partial charge in [-0.1, -0.05) is 18.2 Å². The van der Waals surface area contributed by atoms with E-state index in [0.717, 1.165) is 12.1 Å². The highest BCUT2D eigenvalue weighted by Crippen LogP contribution is 2.23. The minimum absolute atomic E-state index is 0. The fourth-order valence-electron chi connectivity index (χ4n) is 2.74. The second kappa shape index (κ2) is 12.0. The molecule has 6 N–H and O–H groups in total. The summed E-state index contributed by atoms with van der Waals surface area (Å²) in [5.74, 6) is -2.86. The van der Waals surface area contributed by atoms with E-state index in [1.54, 1.807) is 6.07 Å². The van der Waals surface area contributed by atoms with Crippen LogP contribution in [0, 0.1) is 28.3 Å². The van der Waals surface area contributed by atoms with Gasteiger partial charge in [0.05, 0.1) is 0 Å². The topological polar surface area (TPSA) is 118 Å². The molecule has 6 nitrogen and oxygen atoms in total. The molecule has 0 saturated carbocycles. The van der Waals surface area contributed by atoms with E-state index in [1.165, 1.54) is 36.4 Å². The van der Waals surface area contributed by atoms with Crippen molar-refractivity contribution < 1.29 is 22.6 Å². The van der Waals surface area contributed by atoms with E-state index >= 15 is 0 Å². The van der Waals surface area contributed by atoms with Crippen molar-refractivity contribution in [2.24, 2.45) is 11.5 Å². The lowest BCUT2D eigenvalue weighted by Crippen LogP contribution is -2.11. The summed E-state index contributed by atoms with van der Waals surface area (Å²) >= 11 is 0. The Morgan fingerprint density at radius 2 is 1.09 bits per heavy atom. The van der Waals surface area contributed by atoms with E-state index in [-0.39, 0.29) is 83.5 Å². The lowest BCUT2D eigenvalue weighted by Gasteiger charge is -2.12. The van der Waals surface area contributed by atoms with Crippen molar-refractivity contribution in [3.8, 4) is 11.5 Å². The van der Waals surface area contributed by atoms with Crippen LogP contribution in [0.2, 0.25) is 0 Å². The zero-order chi connectivity index (χ0) is 22.5. The van der Waals surface area contributed by atoms with Crippen molar-refractivity contribution in [1.82, 2.24) is 0 Å². The molecule has 0 aliphatic carbocycles. The Morgan fingerprint density at radius 3 is 1.42 bits per heavy atom. The number of nitrogens with two attached hydrogens (primary N) is 2. The van der Waals surface area contributed by atoms with Crippen molar-refractivity contribution in [3.63, 3.8) is 0 Å². The van der Waals surface area contributed by atoms with Gasteiger partial charge < -0.3 is 20.9 Å². The summed E-state index contributed by atoms with van der Waals surface area (Å²) in [6.07, 6.45) is 0. The second-order valence-electron chi connectivity index (χ2n) is 6.59. The van der Waals surface area contributed by atoms with Crippen LogP contribution in [0.15, 0.2) is 54.6 Å². The highest BCUT2D eigenvalue weighted by atomic mass is 35.5. The lowest BCUT2D eigenvalue weighted by molar-refractivity contribution is 0.274. The van der Waals surface area contributed by atoms with Gasteiger partial charge in [0.1, 0.15) is 30.7 Å². The molecule has 0 aliphatic heterocycles. The standard InChI is InChI=1S/C22H19F3N4O2.2ClH/c23-16-8-12(21(26)27)4-6-18(16)30-10-14-2-1-3-15(20(14)25)11-31-19-7-5-13(22(28)29)9-17(19)24;;/h1-9H,10-11H2,(H3,26,27)(H3,28,29);2*1H. The van der Waals surface area contributed by atoms with Gasteiger partial charge in [0, 0.05) is 22.3 Å². The number of hydrogen-bond acceptors (Lipinski definition) is 4. The number of nitrogen functional groups attached to an aromatic ring is 2. The summed E-state index contributed by atoms with van der Waals surface area (Å²) in [6, 6.07) is 12.1. The van der Waals surface area contributed by atoms with Crippen LogP contribution in [0.4, 0.5) is 13.2 Å². The first kappa shape index (κ1) is 27.6. The molecule has 0 radical (unpaired) electrons. The molecule has 176 valence electrons. The van der Waals surface area contributed by atoms with Crippen LogP contribution >= 0.6 is 24.8 Å². The van der Waals surface area contributed by atoms with Gasteiger partial charge in [-0.3, -0.25) is 10.8 Å². The molecule has 0 atom stereocenters. The molecule has 0 bridgehead atoms. The highest BCUT2D eigenvalue weighted by molar-refractivity contribution is 5.95. The molecule has 0 saturated heterocycles. The molecular weight excluding hydrogens is 480 g/mol. The van der Waals surface area contributed by atoms with E-state index in [4.69, 9.17) is 31.8 Å². The van der Waals surface area contributed by atoms with Crippen molar-refractivity contribution in [1.29, 1.82) is 10.8 Å². The Labute approximate surface area is 200 Å². The van der Waals surface area contributed by atoms with Crippen molar-refractivity contribution in [2.45, 2.75) is 13.2 Å². The fraction of sp³-hybridized carbons (Fsp3) is 0.0909. The van der Waals surface area contributed by atoms with Gasteiger partial charge in [0.25, 0.3) is 0 Å². The molecule has 33 heavy (non-hydrogen) atoms. The lowest BCUT2D eigenvalue weighted by atomic mass is 10.1. The van der Waals surface area contributed by atoms with Crippen LogP contribution in [0.3, 0.4) is 0 Å². The van der Waals surface area contributed by atoms with E-state index in [0.29, 0.717) is 0 Å². The third-order valence-electron chi connectivity index (χ3n) is 4.41. The number of hydrogen-bond donors (Lipinski definition) is 4. The summed E-state index contributed by atoms with van der Waals surface area (Å²) in [6.45, 7) is -0.505. The Bertz CT molecular complexity index is 1080. The van der Waals surface area contributed by atoms with E-state index in [2.05, 4.69) is 0 Å². The van der Waals surface area contributed by atoms with Gasteiger partial charge in [-0.25, -0.2) is 13.2 Å². The van der Waals surface area contributed by atoms with Crippen LogP contribution in [-0.2, 0) is 13.2 Å². The Hall–Kier alpha value is -3.43. The average molecular weight is 501 g/mol. The molecule has 11 heteroatoms. The van der Waals surface area contributed by atoms with Gasteiger partial charge in [0.2, 0.25) is 0 Å². The quantitative estimate of drug-likeness (QED) is 0.265.